The summed E-state index contributed by atoms with van der Waals surface area (Å²) in [6.07, 6.45) is 9.61. The van der Waals surface area contributed by atoms with E-state index in [4.69, 9.17) is 0 Å². The Morgan fingerprint density at radius 3 is 1.67 bits per heavy atom. The molecule has 0 aliphatic carbocycles. The third kappa shape index (κ3) is 10.6. The average molecular weight is 385 g/mol. The van der Waals surface area contributed by atoms with Crippen LogP contribution in [0.4, 0.5) is 13.2 Å². The average Bonchev–Trinajstić information content (AvgIpc) is 2.65. The summed E-state index contributed by atoms with van der Waals surface area (Å²) in [7, 11) is 0. The van der Waals surface area contributed by atoms with E-state index >= 15 is 0 Å². The van der Waals surface area contributed by atoms with Gasteiger partial charge >= 0.3 is 6.18 Å². The molecule has 4 heteroatoms. The van der Waals surface area contributed by atoms with E-state index < -0.39 is 17.9 Å². The van der Waals surface area contributed by atoms with E-state index in [9.17, 15) is 18.0 Å². The number of ketones is 1. The van der Waals surface area contributed by atoms with Gasteiger partial charge in [0.15, 0.2) is 0 Å². The fraction of sp³-hybridized carbons (Fsp3) is 0.696. The molecule has 0 amide bonds. The van der Waals surface area contributed by atoms with Crippen LogP contribution < -0.4 is 0 Å². The van der Waals surface area contributed by atoms with Crippen molar-refractivity contribution in [2.75, 3.05) is 0 Å². The van der Waals surface area contributed by atoms with E-state index in [1.165, 1.54) is 51.4 Å². The first kappa shape index (κ1) is 23.7. The topological polar surface area (TPSA) is 17.1 Å². The minimum atomic E-state index is -4.77. The summed E-state index contributed by atoms with van der Waals surface area (Å²) in [5, 5.41) is 0. The van der Waals surface area contributed by atoms with Gasteiger partial charge in [0.05, 0.1) is 5.92 Å². The number of carbonyl (C=O) groups excluding carboxylic acids is 1. The maximum Gasteiger partial charge on any atom is 0.450 e. The van der Waals surface area contributed by atoms with Crippen molar-refractivity contribution < 1.29 is 18.0 Å². The van der Waals surface area contributed by atoms with Crippen LogP contribution in [0.2, 0.25) is 0 Å². The highest BCUT2D eigenvalue weighted by Gasteiger charge is 2.43. The number of benzene rings is 1. The van der Waals surface area contributed by atoms with Crippen molar-refractivity contribution in [1.82, 2.24) is 0 Å². The lowest BCUT2D eigenvalue weighted by Gasteiger charge is -2.18. The molecule has 0 spiro atoms. The van der Waals surface area contributed by atoms with Crippen LogP contribution in [-0.4, -0.2) is 12.0 Å². The van der Waals surface area contributed by atoms with Gasteiger partial charge in [0.25, 0.3) is 0 Å². The first-order valence-corrected chi connectivity index (χ1v) is 10.6. The molecule has 1 rings (SSSR count). The smallest absolute Gasteiger partial charge is 0.289 e. The summed E-state index contributed by atoms with van der Waals surface area (Å²) in [4.78, 5) is 11.8. The van der Waals surface area contributed by atoms with Crippen LogP contribution in [0, 0.1) is 0 Å². The van der Waals surface area contributed by atoms with Crippen molar-refractivity contribution in [1.29, 1.82) is 0 Å². The summed E-state index contributed by atoms with van der Waals surface area (Å²) in [6, 6.07) is 8.37. The Hall–Kier alpha value is -1.32. The summed E-state index contributed by atoms with van der Waals surface area (Å²) in [5.41, 5.74) is 0.475. The summed E-state index contributed by atoms with van der Waals surface area (Å²) >= 11 is 0. The molecular weight excluding hydrogens is 349 g/mol. The zero-order valence-electron chi connectivity index (χ0n) is 16.7. The fourth-order valence-electron chi connectivity index (χ4n) is 3.52. The molecule has 0 bridgehead atoms. The number of hydrogen-bond donors (Lipinski definition) is 0. The van der Waals surface area contributed by atoms with Crippen LogP contribution >= 0.6 is 0 Å². The molecule has 0 aromatic heterocycles. The summed E-state index contributed by atoms with van der Waals surface area (Å²) in [5.74, 6) is -2.67. The van der Waals surface area contributed by atoms with Gasteiger partial charge in [-0.25, -0.2) is 0 Å². The Kier molecular flexibility index (Phi) is 12.1. The third-order valence-corrected chi connectivity index (χ3v) is 5.14. The third-order valence-electron chi connectivity index (χ3n) is 5.14. The second-order valence-corrected chi connectivity index (χ2v) is 7.50. The Bertz CT molecular complexity index is 496. The molecule has 0 saturated heterocycles. The molecular formula is C23H35F3O. The molecule has 0 radical (unpaired) electrons. The molecule has 0 saturated carbocycles. The van der Waals surface area contributed by atoms with Crippen molar-refractivity contribution >= 4 is 5.78 Å². The van der Waals surface area contributed by atoms with Crippen molar-refractivity contribution in [3.05, 3.63) is 35.9 Å². The van der Waals surface area contributed by atoms with Gasteiger partial charge in [0, 0.05) is 0 Å². The second kappa shape index (κ2) is 13.8. The first-order valence-electron chi connectivity index (χ1n) is 10.6. The molecule has 1 atom stereocenters. The molecule has 0 N–H and O–H groups in total. The number of rotatable bonds is 15. The molecule has 0 aliphatic rings. The van der Waals surface area contributed by atoms with E-state index in [2.05, 4.69) is 6.92 Å². The highest BCUT2D eigenvalue weighted by atomic mass is 19.4. The molecule has 1 unspecified atom stereocenters. The molecule has 0 heterocycles. The van der Waals surface area contributed by atoms with E-state index in [-0.39, 0.29) is 6.42 Å². The van der Waals surface area contributed by atoms with E-state index in [1.807, 2.05) is 0 Å². The Morgan fingerprint density at radius 2 is 1.22 bits per heavy atom. The lowest BCUT2D eigenvalue weighted by Crippen LogP contribution is -2.29. The predicted molar refractivity (Wildman–Crippen MR) is 106 cm³/mol. The number of unbranched alkanes of at least 4 members (excludes halogenated alkanes) is 11. The molecule has 0 fully saturated rings. The van der Waals surface area contributed by atoms with Crippen LogP contribution in [0.5, 0.6) is 0 Å². The van der Waals surface area contributed by atoms with Crippen LogP contribution in [-0.2, 0) is 4.79 Å². The lowest BCUT2D eigenvalue weighted by atomic mass is 9.89. The van der Waals surface area contributed by atoms with E-state index in [0.29, 0.717) is 12.0 Å². The zero-order chi connectivity index (χ0) is 20.0. The number of carbonyl (C=O) groups is 1. The largest absolute Gasteiger partial charge is 0.450 e. The van der Waals surface area contributed by atoms with Crippen LogP contribution in [0.3, 0.4) is 0 Å². The highest BCUT2D eigenvalue weighted by molar-refractivity contribution is 5.90. The first-order chi connectivity index (χ1) is 13.0. The van der Waals surface area contributed by atoms with Gasteiger partial charge in [-0.3, -0.25) is 4.79 Å². The molecule has 27 heavy (non-hydrogen) atoms. The number of Topliss-reactive ketones (excluding diaryl/α,β-unsaturated/α-hetero) is 1. The van der Waals surface area contributed by atoms with E-state index in [0.717, 1.165) is 19.3 Å². The quantitative estimate of drug-likeness (QED) is 0.280. The maximum absolute atomic E-state index is 12.9. The predicted octanol–water partition coefficient (Wildman–Crippen LogP) is 7.99. The lowest BCUT2D eigenvalue weighted by molar-refractivity contribution is -0.173. The minimum absolute atomic E-state index is 0.278. The van der Waals surface area contributed by atoms with Gasteiger partial charge < -0.3 is 0 Å². The Morgan fingerprint density at radius 1 is 0.778 bits per heavy atom. The van der Waals surface area contributed by atoms with Gasteiger partial charge in [0.2, 0.25) is 5.78 Å². The monoisotopic (exact) mass is 384 g/mol. The summed E-state index contributed by atoms with van der Waals surface area (Å²) < 4.78 is 38.6. The van der Waals surface area contributed by atoms with Gasteiger partial charge in [0.1, 0.15) is 0 Å². The molecule has 154 valence electrons. The molecule has 1 aromatic carbocycles. The van der Waals surface area contributed by atoms with Gasteiger partial charge in [-0.2, -0.15) is 13.2 Å². The van der Waals surface area contributed by atoms with Crippen molar-refractivity contribution in [3.63, 3.8) is 0 Å². The zero-order valence-corrected chi connectivity index (χ0v) is 16.7. The van der Waals surface area contributed by atoms with Crippen molar-refractivity contribution in [2.24, 2.45) is 0 Å². The van der Waals surface area contributed by atoms with Crippen molar-refractivity contribution in [2.45, 2.75) is 102 Å². The minimum Gasteiger partial charge on any atom is -0.289 e. The van der Waals surface area contributed by atoms with Crippen LogP contribution in [0.1, 0.15) is 102 Å². The molecule has 1 nitrogen and oxygen atoms in total. The fourth-order valence-corrected chi connectivity index (χ4v) is 3.52. The number of alkyl halides is 3. The molecule has 0 aliphatic heterocycles. The maximum atomic E-state index is 12.9. The Labute approximate surface area is 162 Å². The van der Waals surface area contributed by atoms with Crippen molar-refractivity contribution in [3.8, 4) is 0 Å². The van der Waals surface area contributed by atoms with Crippen LogP contribution in [0.15, 0.2) is 30.3 Å². The SMILES string of the molecule is CCCCCCCCCCCCCCC(C(=O)C(F)(F)F)c1ccccc1. The van der Waals surface area contributed by atoms with Gasteiger partial charge in [-0.05, 0) is 12.0 Å². The normalized spacial score (nSPS) is 12.9. The standard InChI is InChI=1S/C23H35F3O/c1-2-3-4-5-6-7-8-9-10-11-12-16-19-21(22(27)23(24,25)26)20-17-14-13-15-18-20/h13-15,17-18,21H,2-12,16,19H2,1H3. The van der Waals surface area contributed by atoms with E-state index in [1.54, 1.807) is 30.3 Å². The number of hydrogen-bond acceptors (Lipinski definition) is 1. The molecule has 1 aromatic rings. The van der Waals surface area contributed by atoms with Gasteiger partial charge in [-0.1, -0.05) is 114 Å². The van der Waals surface area contributed by atoms with Crippen LogP contribution in [0.25, 0.3) is 0 Å². The number of halogens is 3. The highest BCUT2D eigenvalue weighted by Crippen LogP contribution is 2.31. The van der Waals surface area contributed by atoms with Gasteiger partial charge in [-0.15, -0.1) is 0 Å². The Balaban J connectivity index is 2.20. The second-order valence-electron chi connectivity index (χ2n) is 7.50. The summed E-state index contributed by atoms with van der Waals surface area (Å²) in [6.45, 7) is 2.22.